The van der Waals surface area contributed by atoms with Crippen molar-refractivity contribution in [3.8, 4) is 0 Å². The van der Waals surface area contributed by atoms with Crippen LogP contribution in [0, 0.1) is 5.92 Å². The second-order valence-electron chi connectivity index (χ2n) is 5.95. The second kappa shape index (κ2) is 5.51. The van der Waals surface area contributed by atoms with Gasteiger partial charge in [-0.3, -0.25) is 14.6 Å². The van der Waals surface area contributed by atoms with Gasteiger partial charge in [0, 0.05) is 37.6 Å². The first-order valence-electron chi connectivity index (χ1n) is 7.64. The first-order valence-corrected chi connectivity index (χ1v) is 7.64. The van der Waals surface area contributed by atoms with Gasteiger partial charge in [0.15, 0.2) is 0 Å². The van der Waals surface area contributed by atoms with Crippen LogP contribution in [0.15, 0.2) is 36.8 Å². The van der Waals surface area contributed by atoms with Crippen LogP contribution in [0.1, 0.15) is 11.5 Å². The number of nitrogens with zero attached hydrogens (tertiary/aromatic N) is 3. The van der Waals surface area contributed by atoms with Gasteiger partial charge in [0.2, 0.25) is 5.91 Å². The minimum Gasteiger partial charge on any atom is -0.324 e. The van der Waals surface area contributed by atoms with Gasteiger partial charge in [-0.1, -0.05) is 12.1 Å². The standard InChI is InChI=1S/C16H18N6O/c1-22-9-11(6-19-22)12-7-17-8-13(12)16(23)20-14-4-2-3-10-5-18-21-15(10)14/h2-6,9,12-13,17H,7-8H2,1H3,(H,18,21)(H,20,23)/t12-,13+/m1/s1. The van der Waals surface area contributed by atoms with Gasteiger partial charge in [0.1, 0.15) is 0 Å². The van der Waals surface area contributed by atoms with Crippen molar-refractivity contribution in [1.29, 1.82) is 0 Å². The molecule has 1 saturated heterocycles. The average Bonchev–Trinajstić information content (AvgIpc) is 3.26. The van der Waals surface area contributed by atoms with Gasteiger partial charge < -0.3 is 10.6 Å². The van der Waals surface area contributed by atoms with Crippen LogP contribution in [-0.2, 0) is 11.8 Å². The zero-order valence-corrected chi connectivity index (χ0v) is 12.8. The topological polar surface area (TPSA) is 87.6 Å². The molecule has 3 N–H and O–H groups in total. The lowest BCUT2D eigenvalue weighted by atomic mass is 9.90. The summed E-state index contributed by atoms with van der Waals surface area (Å²) in [4.78, 5) is 12.8. The molecular weight excluding hydrogens is 292 g/mol. The summed E-state index contributed by atoms with van der Waals surface area (Å²) in [6.45, 7) is 1.46. The van der Waals surface area contributed by atoms with Crippen LogP contribution in [0.5, 0.6) is 0 Å². The van der Waals surface area contributed by atoms with E-state index >= 15 is 0 Å². The zero-order valence-electron chi connectivity index (χ0n) is 12.8. The fraction of sp³-hybridized carbons (Fsp3) is 0.312. The number of hydrogen-bond acceptors (Lipinski definition) is 4. The van der Waals surface area contributed by atoms with E-state index in [0.717, 1.165) is 28.7 Å². The Labute approximate surface area is 133 Å². The van der Waals surface area contributed by atoms with Gasteiger partial charge in [0.25, 0.3) is 0 Å². The van der Waals surface area contributed by atoms with Crippen molar-refractivity contribution in [1.82, 2.24) is 25.3 Å². The van der Waals surface area contributed by atoms with Crippen LogP contribution in [0.3, 0.4) is 0 Å². The maximum absolute atomic E-state index is 12.8. The number of rotatable bonds is 3. The highest BCUT2D eigenvalue weighted by molar-refractivity contribution is 6.01. The summed E-state index contributed by atoms with van der Waals surface area (Å²) >= 11 is 0. The molecular formula is C16H18N6O. The summed E-state index contributed by atoms with van der Waals surface area (Å²) in [5.74, 6) is 0.0491. The molecule has 0 unspecified atom stereocenters. The van der Waals surface area contributed by atoms with Crippen LogP contribution in [0.25, 0.3) is 10.9 Å². The van der Waals surface area contributed by atoms with Gasteiger partial charge in [-0.15, -0.1) is 0 Å². The number of aromatic nitrogens is 4. The van der Waals surface area contributed by atoms with E-state index in [4.69, 9.17) is 0 Å². The molecule has 3 heterocycles. The molecule has 1 aliphatic rings. The fourth-order valence-corrected chi connectivity index (χ4v) is 3.23. The SMILES string of the molecule is Cn1cc([C@H]2CNC[C@@H]2C(=O)Nc2cccc3cn[nH]c23)cn1. The monoisotopic (exact) mass is 310 g/mol. The van der Waals surface area contributed by atoms with Crippen LogP contribution >= 0.6 is 0 Å². The van der Waals surface area contributed by atoms with Gasteiger partial charge in [-0.25, -0.2) is 0 Å². The summed E-state index contributed by atoms with van der Waals surface area (Å²) in [6.07, 6.45) is 5.57. The fourth-order valence-electron chi connectivity index (χ4n) is 3.23. The van der Waals surface area contributed by atoms with E-state index in [1.54, 1.807) is 10.9 Å². The maximum atomic E-state index is 12.8. The molecule has 2 atom stereocenters. The first kappa shape index (κ1) is 14.0. The highest BCUT2D eigenvalue weighted by atomic mass is 16.2. The maximum Gasteiger partial charge on any atom is 0.229 e. The van der Waals surface area contributed by atoms with Crippen LogP contribution < -0.4 is 10.6 Å². The van der Waals surface area contributed by atoms with Crippen molar-refractivity contribution in [3.05, 3.63) is 42.4 Å². The summed E-state index contributed by atoms with van der Waals surface area (Å²) in [5.41, 5.74) is 2.71. The van der Waals surface area contributed by atoms with Gasteiger partial charge in [0.05, 0.1) is 29.5 Å². The Hall–Kier alpha value is -2.67. The summed E-state index contributed by atoms with van der Waals surface area (Å²) in [5, 5.41) is 18.5. The smallest absolute Gasteiger partial charge is 0.229 e. The third-order valence-corrected chi connectivity index (χ3v) is 4.44. The number of anilines is 1. The minimum absolute atomic E-state index is 0.0194. The summed E-state index contributed by atoms with van der Waals surface area (Å²) in [6, 6.07) is 5.77. The number of aryl methyl sites for hydroxylation is 1. The Kier molecular flexibility index (Phi) is 3.34. The van der Waals surface area contributed by atoms with Gasteiger partial charge >= 0.3 is 0 Å². The molecule has 7 heteroatoms. The number of nitrogens with one attached hydrogen (secondary N) is 3. The predicted molar refractivity (Wildman–Crippen MR) is 87.0 cm³/mol. The van der Waals surface area contributed by atoms with Gasteiger partial charge in [-0.2, -0.15) is 10.2 Å². The molecule has 1 aromatic carbocycles. The average molecular weight is 310 g/mol. The van der Waals surface area contributed by atoms with Crippen molar-refractivity contribution in [3.63, 3.8) is 0 Å². The Morgan fingerprint density at radius 2 is 2.26 bits per heavy atom. The Bertz CT molecular complexity index is 851. The molecule has 0 radical (unpaired) electrons. The molecule has 0 spiro atoms. The second-order valence-corrected chi connectivity index (χ2v) is 5.95. The molecule has 1 fully saturated rings. The molecule has 1 amide bonds. The number of amides is 1. The van der Waals surface area contributed by atoms with E-state index in [1.165, 1.54) is 0 Å². The number of carbonyl (C=O) groups excluding carboxylic acids is 1. The molecule has 2 aromatic heterocycles. The minimum atomic E-state index is -0.114. The van der Waals surface area contributed by atoms with Crippen molar-refractivity contribution in [2.75, 3.05) is 18.4 Å². The number of hydrogen-bond donors (Lipinski definition) is 3. The molecule has 1 aliphatic heterocycles. The lowest BCUT2D eigenvalue weighted by molar-refractivity contribution is -0.119. The Morgan fingerprint density at radius 1 is 1.35 bits per heavy atom. The summed E-state index contributed by atoms with van der Waals surface area (Å²) in [7, 11) is 1.89. The van der Waals surface area contributed by atoms with E-state index < -0.39 is 0 Å². The van der Waals surface area contributed by atoms with Crippen LogP contribution in [-0.4, -0.2) is 39.0 Å². The molecule has 4 rings (SSSR count). The molecule has 23 heavy (non-hydrogen) atoms. The molecule has 7 nitrogen and oxygen atoms in total. The van der Waals surface area contributed by atoms with E-state index in [2.05, 4.69) is 25.9 Å². The molecule has 0 bridgehead atoms. The highest BCUT2D eigenvalue weighted by Gasteiger charge is 2.34. The number of aromatic amines is 1. The first-order chi connectivity index (χ1) is 11.2. The van der Waals surface area contributed by atoms with Crippen LogP contribution in [0.4, 0.5) is 5.69 Å². The van der Waals surface area contributed by atoms with Crippen molar-refractivity contribution < 1.29 is 4.79 Å². The molecule has 0 saturated carbocycles. The lowest BCUT2D eigenvalue weighted by Gasteiger charge is -2.17. The van der Waals surface area contributed by atoms with Crippen LogP contribution in [0.2, 0.25) is 0 Å². The predicted octanol–water partition coefficient (Wildman–Crippen LogP) is 1.24. The number of benzene rings is 1. The highest BCUT2D eigenvalue weighted by Crippen LogP contribution is 2.29. The molecule has 3 aromatic rings. The van der Waals surface area contributed by atoms with E-state index in [-0.39, 0.29) is 17.7 Å². The Balaban J connectivity index is 1.57. The third-order valence-electron chi connectivity index (χ3n) is 4.44. The molecule has 118 valence electrons. The largest absolute Gasteiger partial charge is 0.324 e. The van der Waals surface area contributed by atoms with E-state index in [0.29, 0.717) is 6.54 Å². The third kappa shape index (κ3) is 2.49. The number of H-pyrrole nitrogens is 1. The lowest BCUT2D eigenvalue weighted by Crippen LogP contribution is -2.28. The van der Waals surface area contributed by atoms with Crippen molar-refractivity contribution in [2.45, 2.75) is 5.92 Å². The normalized spacial score (nSPS) is 20.9. The Morgan fingerprint density at radius 3 is 3.09 bits per heavy atom. The van der Waals surface area contributed by atoms with E-state index in [9.17, 15) is 4.79 Å². The zero-order chi connectivity index (χ0) is 15.8. The van der Waals surface area contributed by atoms with Crippen molar-refractivity contribution >= 4 is 22.5 Å². The molecule has 0 aliphatic carbocycles. The van der Waals surface area contributed by atoms with E-state index in [1.807, 2.05) is 37.6 Å². The number of fused-ring (bicyclic) bond motifs is 1. The summed E-state index contributed by atoms with van der Waals surface area (Å²) < 4.78 is 1.77. The van der Waals surface area contributed by atoms with Crippen molar-refractivity contribution in [2.24, 2.45) is 13.0 Å². The quantitative estimate of drug-likeness (QED) is 0.679. The number of para-hydroxylation sites is 1. The van der Waals surface area contributed by atoms with Gasteiger partial charge in [-0.05, 0) is 11.6 Å². The number of carbonyl (C=O) groups is 1.